The second-order valence-electron chi connectivity index (χ2n) is 10.6. The summed E-state index contributed by atoms with van der Waals surface area (Å²) in [5, 5.41) is 33.8. The van der Waals surface area contributed by atoms with E-state index in [-0.39, 0.29) is 38.6 Å². The second kappa shape index (κ2) is 14.6. The van der Waals surface area contributed by atoms with E-state index < -0.39 is 30.1 Å². The first-order chi connectivity index (χ1) is 20.8. The van der Waals surface area contributed by atoms with Crippen LogP contribution in [-0.2, 0) is 22.6 Å². The van der Waals surface area contributed by atoms with Crippen molar-refractivity contribution in [3.63, 3.8) is 0 Å². The highest BCUT2D eigenvalue weighted by atomic mass is 16.5. The maximum Gasteiger partial charge on any atom is 0.247 e. The molecule has 0 bridgehead atoms. The molecule has 234 valence electrons. The van der Waals surface area contributed by atoms with E-state index in [2.05, 4.69) is 5.32 Å². The quantitative estimate of drug-likeness (QED) is 0.257. The Hall–Kier alpha value is -3.80. The molecule has 4 rings (SSSR count). The molecule has 2 aromatic rings. The van der Waals surface area contributed by atoms with Gasteiger partial charge in [-0.15, -0.1) is 0 Å². The molecule has 1 aliphatic heterocycles. The predicted octanol–water partition coefficient (Wildman–Crippen LogP) is 2.09. The minimum absolute atomic E-state index is 0.0310. The summed E-state index contributed by atoms with van der Waals surface area (Å²) in [4.78, 5) is 28.8. The first-order valence-corrected chi connectivity index (χ1v) is 14.6. The summed E-state index contributed by atoms with van der Waals surface area (Å²) >= 11 is 0. The van der Waals surface area contributed by atoms with Crippen molar-refractivity contribution < 1.29 is 43.9 Å². The summed E-state index contributed by atoms with van der Waals surface area (Å²) in [6, 6.07) is 7.96. The number of nitrogens with zero attached hydrogens (tertiary/aromatic N) is 1. The Labute approximate surface area is 252 Å². The lowest BCUT2D eigenvalue weighted by molar-refractivity contribution is -0.137. The molecule has 0 aromatic heterocycles. The Morgan fingerprint density at radius 2 is 1.81 bits per heavy atom. The Balaban J connectivity index is 1.77. The van der Waals surface area contributed by atoms with E-state index >= 15 is 0 Å². The molecule has 0 spiro atoms. The SMILES string of the molecule is CCCCC(=O)N(CCc1cc(OC)ccc1OC)[C@@H]1C=C(C(=O)NCCO)[C@@H]2c3cc(CO)cc(OC)c3O[C@@H]2[C@H]1O. The molecule has 43 heavy (non-hydrogen) atoms. The highest BCUT2D eigenvalue weighted by Crippen LogP contribution is 2.51. The number of benzene rings is 2. The summed E-state index contributed by atoms with van der Waals surface area (Å²) in [6.07, 6.45) is 1.71. The molecule has 0 unspecified atom stereocenters. The molecule has 1 aliphatic carbocycles. The van der Waals surface area contributed by atoms with E-state index in [0.717, 1.165) is 12.0 Å². The summed E-state index contributed by atoms with van der Waals surface area (Å²) in [5.74, 6) is 0.750. The molecule has 11 nitrogen and oxygen atoms in total. The van der Waals surface area contributed by atoms with Gasteiger partial charge in [-0.3, -0.25) is 9.59 Å². The zero-order valence-electron chi connectivity index (χ0n) is 25.2. The number of amides is 2. The Morgan fingerprint density at radius 3 is 2.47 bits per heavy atom. The van der Waals surface area contributed by atoms with Crippen LogP contribution in [-0.4, -0.2) is 91.3 Å². The molecule has 0 saturated heterocycles. The smallest absolute Gasteiger partial charge is 0.247 e. The number of aliphatic hydroxyl groups excluding tert-OH is 3. The second-order valence-corrected chi connectivity index (χ2v) is 10.6. The lowest BCUT2D eigenvalue weighted by Gasteiger charge is -2.41. The maximum atomic E-state index is 13.7. The first kappa shape index (κ1) is 32.1. The van der Waals surface area contributed by atoms with Gasteiger partial charge in [-0.1, -0.05) is 13.3 Å². The number of carbonyl (C=O) groups excluding carboxylic acids is 2. The number of fused-ring (bicyclic) bond motifs is 3. The van der Waals surface area contributed by atoms with Gasteiger partial charge in [-0.2, -0.15) is 0 Å². The predicted molar refractivity (Wildman–Crippen MR) is 159 cm³/mol. The molecule has 11 heteroatoms. The number of hydrogen-bond donors (Lipinski definition) is 4. The van der Waals surface area contributed by atoms with Crippen LogP contribution in [0.2, 0.25) is 0 Å². The van der Waals surface area contributed by atoms with E-state index in [4.69, 9.17) is 18.9 Å². The Bertz CT molecular complexity index is 1330. The van der Waals surface area contributed by atoms with E-state index in [1.165, 1.54) is 7.11 Å². The molecular formula is C32H42N2O9. The first-order valence-electron chi connectivity index (χ1n) is 14.6. The molecule has 0 radical (unpaired) electrons. The van der Waals surface area contributed by atoms with E-state index in [1.54, 1.807) is 49.5 Å². The van der Waals surface area contributed by atoms with Crippen LogP contribution in [0.5, 0.6) is 23.0 Å². The number of unbranched alkanes of at least 4 members (excludes halogenated alkanes) is 1. The highest BCUT2D eigenvalue weighted by Gasteiger charge is 2.51. The van der Waals surface area contributed by atoms with E-state index in [9.17, 15) is 24.9 Å². The van der Waals surface area contributed by atoms with Crippen LogP contribution in [0.3, 0.4) is 0 Å². The van der Waals surface area contributed by atoms with Crippen molar-refractivity contribution in [2.45, 2.75) is 63.4 Å². The van der Waals surface area contributed by atoms with Crippen LogP contribution >= 0.6 is 0 Å². The highest BCUT2D eigenvalue weighted by molar-refractivity contribution is 5.96. The Kier molecular flexibility index (Phi) is 10.9. The molecule has 2 amide bonds. The molecule has 0 fully saturated rings. The Morgan fingerprint density at radius 1 is 1.05 bits per heavy atom. The normalized spacial score (nSPS) is 20.3. The molecule has 2 aliphatic rings. The van der Waals surface area contributed by atoms with Crippen LogP contribution in [0.25, 0.3) is 0 Å². The molecule has 0 saturated carbocycles. The van der Waals surface area contributed by atoms with Crippen molar-refractivity contribution in [1.29, 1.82) is 0 Å². The van der Waals surface area contributed by atoms with Crippen LogP contribution in [0, 0.1) is 0 Å². The van der Waals surface area contributed by atoms with Gasteiger partial charge in [0.25, 0.3) is 0 Å². The lowest BCUT2D eigenvalue weighted by Crippen LogP contribution is -2.56. The van der Waals surface area contributed by atoms with Crippen LogP contribution in [0.1, 0.15) is 48.8 Å². The largest absolute Gasteiger partial charge is 0.497 e. The van der Waals surface area contributed by atoms with Gasteiger partial charge in [-0.05, 0) is 60.4 Å². The molecule has 4 atom stereocenters. The standard InChI is InChI=1S/C32H42N2O9/c1-5-6-7-27(37)34(12-10-20-16-21(40-2)8-9-25(20)41-3)24-17-23(32(39)33-11-13-35)28-22-14-19(18-36)15-26(42-4)30(22)43-31(28)29(24)38/h8-9,14-17,24,28-29,31,35-36,38H,5-7,10-13,18H2,1-4H3,(H,33,39)/t24-,28+,29+,31+/m1/s1. The molecule has 2 aromatic carbocycles. The van der Waals surface area contributed by atoms with Crippen molar-refractivity contribution in [2.75, 3.05) is 41.0 Å². The van der Waals surface area contributed by atoms with Crippen LogP contribution in [0.4, 0.5) is 0 Å². The molecular weight excluding hydrogens is 556 g/mol. The van der Waals surface area contributed by atoms with Gasteiger partial charge in [0.15, 0.2) is 11.5 Å². The average Bonchev–Trinajstić information content (AvgIpc) is 3.42. The van der Waals surface area contributed by atoms with Gasteiger partial charge in [0.2, 0.25) is 11.8 Å². The lowest BCUT2D eigenvalue weighted by atomic mass is 9.77. The van der Waals surface area contributed by atoms with E-state index in [1.807, 2.05) is 13.0 Å². The van der Waals surface area contributed by atoms with Gasteiger partial charge >= 0.3 is 0 Å². The molecule has 4 N–H and O–H groups in total. The zero-order chi connectivity index (χ0) is 31.1. The number of aliphatic hydroxyl groups is 3. The fourth-order valence-electron chi connectivity index (χ4n) is 5.85. The summed E-state index contributed by atoms with van der Waals surface area (Å²) < 4.78 is 22.8. The van der Waals surface area contributed by atoms with Gasteiger partial charge in [0, 0.05) is 30.6 Å². The number of hydrogen-bond acceptors (Lipinski definition) is 9. The summed E-state index contributed by atoms with van der Waals surface area (Å²) in [6.45, 7) is 1.76. The van der Waals surface area contributed by atoms with Crippen molar-refractivity contribution in [3.8, 4) is 23.0 Å². The minimum Gasteiger partial charge on any atom is -0.497 e. The average molecular weight is 599 g/mol. The summed E-state index contributed by atoms with van der Waals surface area (Å²) in [7, 11) is 4.63. The third kappa shape index (κ3) is 6.74. The third-order valence-electron chi connectivity index (χ3n) is 8.03. The number of nitrogens with one attached hydrogen (secondary N) is 1. The van der Waals surface area contributed by atoms with Crippen molar-refractivity contribution in [3.05, 3.63) is 58.7 Å². The third-order valence-corrected chi connectivity index (χ3v) is 8.03. The van der Waals surface area contributed by atoms with Gasteiger partial charge in [0.1, 0.15) is 23.7 Å². The number of rotatable bonds is 14. The number of methoxy groups -OCH3 is 3. The maximum absolute atomic E-state index is 13.7. The van der Waals surface area contributed by atoms with Crippen LogP contribution in [0.15, 0.2) is 42.0 Å². The summed E-state index contributed by atoms with van der Waals surface area (Å²) in [5.41, 5.74) is 2.29. The van der Waals surface area contributed by atoms with Crippen LogP contribution < -0.4 is 24.3 Å². The minimum atomic E-state index is -1.19. The number of carbonyl (C=O) groups is 2. The van der Waals surface area contributed by atoms with E-state index in [0.29, 0.717) is 52.5 Å². The van der Waals surface area contributed by atoms with Crippen molar-refractivity contribution >= 4 is 11.8 Å². The topological polar surface area (TPSA) is 147 Å². The molecule has 1 heterocycles. The van der Waals surface area contributed by atoms with Crippen molar-refractivity contribution in [2.24, 2.45) is 0 Å². The van der Waals surface area contributed by atoms with Gasteiger partial charge in [-0.25, -0.2) is 0 Å². The van der Waals surface area contributed by atoms with Crippen molar-refractivity contribution in [1.82, 2.24) is 10.2 Å². The van der Waals surface area contributed by atoms with Gasteiger partial charge in [0.05, 0.1) is 46.5 Å². The fraction of sp³-hybridized carbons (Fsp3) is 0.500. The van der Waals surface area contributed by atoms with Gasteiger partial charge < -0.3 is 44.5 Å². The number of ether oxygens (including phenoxy) is 4. The fourth-order valence-corrected chi connectivity index (χ4v) is 5.85. The monoisotopic (exact) mass is 598 g/mol. The zero-order valence-corrected chi connectivity index (χ0v) is 25.2.